The average molecular weight is 625 g/mol. The van der Waals surface area contributed by atoms with Crippen LogP contribution in [0.15, 0.2) is 174 Å². The highest BCUT2D eigenvalue weighted by Crippen LogP contribution is 2.56. The number of rotatable bonds is 3. The van der Waals surface area contributed by atoms with Gasteiger partial charge < -0.3 is 4.42 Å². The molecule has 0 atom stereocenters. The molecule has 0 saturated heterocycles. The highest BCUT2D eigenvalue weighted by atomic mass is 16.3. The molecular weight excluding hydrogens is 597 g/mol. The molecule has 10 aromatic rings. The van der Waals surface area contributed by atoms with Crippen LogP contribution in [0, 0.1) is 0 Å². The monoisotopic (exact) mass is 624 g/mol. The summed E-state index contributed by atoms with van der Waals surface area (Å²) >= 11 is 0. The van der Waals surface area contributed by atoms with Crippen molar-refractivity contribution in [3.05, 3.63) is 192 Å². The van der Waals surface area contributed by atoms with Gasteiger partial charge in [0.05, 0.1) is 16.4 Å². The zero-order valence-corrected chi connectivity index (χ0v) is 26.5. The molecule has 0 aliphatic heterocycles. The summed E-state index contributed by atoms with van der Waals surface area (Å²) in [6.07, 6.45) is 0. The summed E-state index contributed by atoms with van der Waals surface area (Å²) in [7, 11) is 0. The Morgan fingerprint density at radius 1 is 0.490 bits per heavy atom. The van der Waals surface area contributed by atoms with E-state index in [0.29, 0.717) is 0 Å². The number of benzene rings is 7. The molecular formula is C46H28N2O. The van der Waals surface area contributed by atoms with Crippen LogP contribution in [0.2, 0.25) is 0 Å². The Labute approximate surface area is 282 Å². The highest BCUT2D eigenvalue weighted by Gasteiger charge is 2.46. The molecule has 0 N–H and O–H groups in total. The fourth-order valence-corrected chi connectivity index (χ4v) is 8.60. The standard InChI is InChI=1S/C46H28N2O/c1-3-13-31(14-4-1)46(32-15-5-2-6-16-32)38-20-10-9-17-33(38)34-25-23-30(28-39(34)46)29-24-26-42-37(27-29)43-44(49-42)35-18-7-8-19-36(35)45-47-40-21-11-12-22-41(40)48(43)45/h1-28H. The first kappa shape index (κ1) is 26.6. The Morgan fingerprint density at radius 2 is 1.12 bits per heavy atom. The molecule has 1 aliphatic rings. The minimum Gasteiger partial charge on any atom is -0.454 e. The lowest BCUT2D eigenvalue weighted by molar-refractivity contribution is 0.672. The van der Waals surface area contributed by atoms with Gasteiger partial charge in [0.25, 0.3) is 0 Å². The first-order chi connectivity index (χ1) is 24.3. The summed E-state index contributed by atoms with van der Waals surface area (Å²) in [5.41, 5.74) is 15.4. The first-order valence-electron chi connectivity index (χ1n) is 16.8. The lowest BCUT2D eigenvalue weighted by Crippen LogP contribution is -2.28. The number of hydrogen-bond donors (Lipinski definition) is 0. The molecule has 0 unspecified atom stereocenters. The predicted molar refractivity (Wildman–Crippen MR) is 200 cm³/mol. The van der Waals surface area contributed by atoms with E-state index in [1.54, 1.807) is 0 Å². The summed E-state index contributed by atoms with van der Waals surface area (Å²) in [5, 5.41) is 3.23. The second-order valence-electron chi connectivity index (χ2n) is 13.1. The number of fused-ring (bicyclic) bond motifs is 13. The predicted octanol–water partition coefficient (Wildman–Crippen LogP) is 11.6. The van der Waals surface area contributed by atoms with Gasteiger partial charge in [-0.15, -0.1) is 0 Å². The quantitative estimate of drug-likeness (QED) is 0.196. The summed E-state index contributed by atoms with van der Waals surface area (Å²) in [4.78, 5) is 5.11. The number of pyridine rings is 1. The van der Waals surface area contributed by atoms with Crippen molar-refractivity contribution in [1.29, 1.82) is 0 Å². The SMILES string of the molecule is c1ccc(C2(c3ccccc3)c3ccccc3-c3ccc(-c4ccc5oc6c7ccccc7c7nc8ccccc8n7c6c5c4)cc32)cc1. The minimum atomic E-state index is -0.447. The third-order valence-electron chi connectivity index (χ3n) is 10.7. The molecule has 0 bridgehead atoms. The summed E-state index contributed by atoms with van der Waals surface area (Å²) in [6.45, 7) is 0. The molecule has 228 valence electrons. The van der Waals surface area contributed by atoms with E-state index >= 15 is 0 Å². The van der Waals surface area contributed by atoms with E-state index in [1.807, 2.05) is 0 Å². The van der Waals surface area contributed by atoms with Gasteiger partial charge in [-0.2, -0.15) is 0 Å². The average Bonchev–Trinajstić information content (AvgIpc) is 3.84. The Bertz CT molecular complexity index is 2890. The zero-order valence-electron chi connectivity index (χ0n) is 26.5. The van der Waals surface area contributed by atoms with Crippen LogP contribution in [0.3, 0.4) is 0 Å². The van der Waals surface area contributed by atoms with Gasteiger partial charge in [0, 0.05) is 16.2 Å². The highest BCUT2D eigenvalue weighted by molar-refractivity contribution is 6.19. The lowest BCUT2D eigenvalue weighted by atomic mass is 9.67. The van der Waals surface area contributed by atoms with Crippen molar-refractivity contribution in [1.82, 2.24) is 9.38 Å². The Morgan fingerprint density at radius 3 is 1.94 bits per heavy atom. The van der Waals surface area contributed by atoms with Crippen LogP contribution < -0.4 is 0 Å². The summed E-state index contributed by atoms with van der Waals surface area (Å²) < 4.78 is 8.99. The molecule has 0 fully saturated rings. The fraction of sp³-hybridized carbons (Fsp3) is 0.0217. The largest absolute Gasteiger partial charge is 0.454 e. The normalized spacial score (nSPS) is 13.5. The van der Waals surface area contributed by atoms with Gasteiger partial charge in [-0.3, -0.25) is 4.40 Å². The van der Waals surface area contributed by atoms with E-state index in [0.717, 1.165) is 55.1 Å². The zero-order chi connectivity index (χ0) is 32.1. The molecule has 0 radical (unpaired) electrons. The van der Waals surface area contributed by atoms with Gasteiger partial charge in [-0.25, -0.2) is 4.98 Å². The van der Waals surface area contributed by atoms with E-state index in [4.69, 9.17) is 9.40 Å². The molecule has 3 aromatic heterocycles. The maximum absolute atomic E-state index is 6.70. The number of furan rings is 1. The molecule has 3 heterocycles. The Kier molecular flexibility index (Phi) is 5.31. The van der Waals surface area contributed by atoms with Gasteiger partial charge in [0.1, 0.15) is 16.7 Å². The molecule has 0 saturated carbocycles. The number of aromatic nitrogens is 2. The number of imidazole rings is 1. The molecule has 0 amide bonds. The van der Waals surface area contributed by atoms with E-state index in [9.17, 15) is 0 Å². The van der Waals surface area contributed by atoms with Gasteiger partial charge in [-0.05, 0) is 74.8 Å². The summed E-state index contributed by atoms with van der Waals surface area (Å²) in [5.74, 6) is 0. The van der Waals surface area contributed by atoms with Crippen LogP contribution in [0.1, 0.15) is 22.3 Å². The second kappa shape index (κ2) is 9.79. The van der Waals surface area contributed by atoms with Gasteiger partial charge in [0.15, 0.2) is 5.58 Å². The van der Waals surface area contributed by atoms with Crippen molar-refractivity contribution in [2.24, 2.45) is 0 Å². The van der Waals surface area contributed by atoms with Crippen molar-refractivity contribution in [2.75, 3.05) is 0 Å². The molecule has 3 nitrogen and oxygen atoms in total. The lowest BCUT2D eigenvalue weighted by Gasteiger charge is -2.34. The van der Waals surface area contributed by atoms with Gasteiger partial charge in [0.2, 0.25) is 0 Å². The van der Waals surface area contributed by atoms with Crippen LogP contribution in [0.25, 0.3) is 71.8 Å². The number of para-hydroxylation sites is 2. The van der Waals surface area contributed by atoms with E-state index in [1.165, 1.54) is 38.9 Å². The van der Waals surface area contributed by atoms with Gasteiger partial charge in [-0.1, -0.05) is 140 Å². The van der Waals surface area contributed by atoms with Crippen molar-refractivity contribution in [3.8, 4) is 22.3 Å². The minimum absolute atomic E-state index is 0.447. The molecule has 0 spiro atoms. The third kappa shape index (κ3) is 3.49. The van der Waals surface area contributed by atoms with Crippen molar-refractivity contribution >= 4 is 49.5 Å². The Balaban J connectivity index is 1.21. The van der Waals surface area contributed by atoms with Gasteiger partial charge >= 0.3 is 0 Å². The smallest absolute Gasteiger partial charge is 0.160 e. The molecule has 49 heavy (non-hydrogen) atoms. The second-order valence-corrected chi connectivity index (χ2v) is 13.1. The summed E-state index contributed by atoms with van der Waals surface area (Å²) in [6, 6.07) is 61.4. The first-order valence-corrected chi connectivity index (χ1v) is 16.8. The molecule has 11 rings (SSSR count). The maximum Gasteiger partial charge on any atom is 0.160 e. The molecule has 7 aromatic carbocycles. The third-order valence-corrected chi connectivity index (χ3v) is 10.7. The van der Waals surface area contributed by atoms with E-state index < -0.39 is 5.41 Å². The number of hydrogen-bond acceptors (Lipinski definition) is 2. The topological polar surface area (TPSA) is 30.4 Å². The Hall–Kier alpha value is -6.45. The van der Waals surface area contributed by atoms with Crippen LogP contribution in [0.4, 0.5) is 0 Å². The van der Waals surface area contributed by atoms with Crippen LogP contribution >= 0.6 is 0 Å². The van der Waals surface area contributed by atoms with E-state index in [-0.39, 0.29) is 0 Å². The van der Waals surface area contributed by atoms with Crippen LogP contribution in [0.5, 0.6) is 0 Å². The fourth-order valence-electron chi connectivity index (χ4n) is 8.60. The van der Waals surface area contributed by atoms with Crippen molar-refractivity contribution in [2.45, 2.75) is 5.41 Å². The van der Waals surface area contributed by atoms with Crippen LogP contribution in [-0.2, 0) is 5.41 Å². The molecule has 1 aliphatic carbocycles. The maximum atomic E-state index is 6.70. The van der Waals surface area contributed by atoms with Crippen molar-refractivity contribution in [3.63, 3.8) is 0 Å². The van der Waals surface area contributed by atoms with Crippen LogP contribution in [-0.4, -0.2) is 9.38 Å². The molecule has 3 heteroatoms. The van der Waals surface area contributed by atoms with E-state index in [2.05, 4.69) is 174 Å². The van der Waals surface area contributed by atoms with Crippen molar-refractivity contribution < 1.29 is 4.42 Å². The number of nitrogens with zero attached hydrogens (tertiary/aromatic N) is 2.